The highest BCUT2D eigenvalue weighted by Gasteiger charge is 2.28. The minimum absolute atomic E-state index is 0.391. The summed E-state index contributed by atoms with van der Waals surface area (Å²) in [5.41, 5.74) is 6.89. The van der Waals surface area contributed by atoms with E-state index in [1.807, 2.05) is 24.3 Å². The molecule has 1 unspecified atom stereocenters. The van der Waals surface area contributed by atoms with Crippen molar-refractivity contribution in [3.8, 4) is 0 Å². The SMILES string of the molecule is COC(=O)C(C)(N)CCSc1nc2ccccc2[nH]1. The molecule has 0 spiro atoms. The number of nitrogens with zero attached hydrogens (tertiary/aromatic N) is 1. The molecule has 5 nitrogen and oxygen atoms in total. The number of ether oxygens (including phenoxy) is 1. The van der Waals surface area contributed by atoms with Gasteiger partial charge in [0.25, 0.3) is 0 Å². The van der Waals surface area contributed by atoms with E-state index in [0.29, 0.717) is 12.2 Å². The summed E-state index contributed by atoms with van der Waals surface area (Å²) in [7, 11) is 1.35. The van der Waals surface area contributed by atoms with Crippen molar-refractivity contribution in [2.75, 3.05) is 12.9 Å². The van der Waals surface area contributed by atoms with Crippen LogP contribution < -0.4 is 5.73 Å². The van der Waals surface area contributed by atoms with Gasteiger partial charge in [0, 0.05) is 5.75 Å². The van der Waals surface area contributed by atoms with Gasteiger partial charge in [-0.15, -0.1) is 0 Å². The molecule has 1 atom stereocenters. The van der Waals surface area contributed by atoms with Gasteiger partial charge in [0.1, 0.15) is 5.54 Å². The molecule has 0 saturated heterocycles. The minimum Gasteiger partial charge on any atom is -0.468 e. The van der Waals surface area contributed by atoms with Crippen LogP contribution in [0.15, 0.2) is 29.4 Å². The van der Waals surface area contributed by atoms with Crippen molar-refractivity contribution in [1.29, 1.82) is 0 Å². The highest BCUT2D eigenvalue weighted by molar-refractivity contribution is 7.99. The molecule has 6 heteroatoms. The maximum atomic E-state index is 11.4. The van der Waals surface area contributed by atoms with E-state index in [-0.39, 0.29) is 0 Å². The van der Waals surface area contributed by atoms with Crippen LogP contribution in [0, 0.1) is 0 Å². The summed E-state index contributed by atoms with van der Waals surface area (Å²) < 4.78 is 4.67. The number of benzene rings is 1. The number of imidazole rings is 1. The molecule has 0 aliphatic rings. The van der Waals surface area contributed by atoms with Crippen molar-refractivity contribution in [2.45, 2.75) is 24.0 Å². The zero-order valence-corrected chi connectivity index (χ0v) is 11.8. The van der Waals surface area contributed by atoms with Crippen molar-refractivity contribution in [3.63, 3.8) is 0 Å². The lowest BCUT2D eigenvalue weighted by atomic mass is 10.0. The first-order valence-corrected chi connectivity index (χ1v) is 6.96. The first-order valence-electron chi connectivity index (χ1n) is 5.98. The Labute approximate surface area is 115 Å². The average molecular weight is 279 g/mol. The van der Waals surface area contributed by atoms with Crippen LogP contribution >= 0.6 is 11.8 Å². The number of hydrogen-bond donors (Lipinski definition) is 2. The topological polar surface area (TPSA) is 81.0 Å². The second kappa shape index (κ2) is 5.63. The number of methoxy groups -OCH3 is 1. The first kappa shape index (κ1) is 13.9. The second-order valence-corrected chi connectivity index (χ2v) is 5.65. The first-order chi connectivity index (χ1) is 9.03. The van der Waals surface area contributed by atoms with Gasteiger partial charge < -0.3 is 15.5 Å². The van der Waals surface area contributed by atoms with Crippen LogP contribution in [0.4, 0.5) is 0 Å². The number of esters is 1. The molecule has 3 N–H and O–H groups in total. The highest BCUT2D eigenvalue weighted by Crippen LogP contribution is 2.22. The van der Waals surface area contributed by atoms with Crippen molar-refractivity contribution in [2.24, 2.45) is 5.73 Å². The number of hydrogen-bond acceptors (Lipinski definition) is 5. The number of para-hydroxylation sites is 2. The minimum atomic E-state index is -0.951. The Morgan fingerprint density at radius 1 is 1.53 bits per heavy atom. The van der Waals surface area contributed by atoms with Crippen LogP contribution in [0.1, 0.15) is 13.3 Å². The van der Waals surface area contributed by atoms with Gasteiger partial charge >= 0.3 is 5.97 Å². The lowest BCUT2D eigenvalue weighted by Crippen LogP contribution is -2.46. The molecule has 2 rings (SSSR count). The van der Waals surface area contributed by atoms with E-state index in [1.165, 1.54) is 7.11 Å². The van der Waals surface area contributed by atoms with E-state index < -0.39 is 11.5 Å². The number of aromatic nitrogens is 2. The van der Waals surface area contributed by atoms with E-state index in [4.69, 9.17) is 5.73 Å². The number of rotatable bonds is 5. The number of thioether (sulfide) groups is 1. The predicted octanol–water partition coefficient (Wildman–Crippen LogP) is 1.94. The van der Waals surface area contributed by atoms with Crippen LogP contribution in [0.2, 0.25) is 0 Å². The third-order valence-corrected chi connectivity index (χ3v) is 3.75. The molecule has 0 bridgehead atoms. The lowest BCUT2D eigenvalue weighted by molar-refractivity contribution is -0.146. The maximum absolute atomic E-state index is 11.4. The monoisotopic (exact) mass is 279 g/mol. The standard InChI is InChI=1S/C13H17N3O2S/c1-13(14,11(17)18-2)7-8-19-12-15-9-5-3-4-6-10(9)16-12/h3-6H,7-8,14H2,1-2H3,(H,15,16). The van der Waals surface area contributed by atoms with Gasteiger partial charge in [0.2, 0.25) is 0 Å². The fourth-order valence-electron chi connectivity index (χ4n) is 1.69. The molecule has 0 fully saturated rings. The quantitative estimate of drug-likeness (QED) is 0.645. The number of carbonyl (C=O) groups excluding carboxylic acids is 1. The van der Waals surface area contributed by atoms with Crippen molar-refractivity contribution < 1.29 is 9.53 Å². The number of H-pyrrole nitrogens is 1. The van der Waals surface area contributed by atoms with E-state index in [9.17, 15) is 4.79 Å². The average Bonchev–Trinajstić information content (AvgIpc) is 2.80. The third-order valence-electron chi connectivity index (χ3n) is 2.88. The predicted molar refractivity (Wildman–Crippen MR) is 76.0 cm³/mol. The molecule has 2 aromatic rings. The molecule has 1 aromatic heterocycles. The number of carbonyl (C=O) groups is 1. The van der Waals surface area contributed by atoms with E-state index in [2.05, 4.69) is 14.7 Å². The van der Waals surface area contributed by atoms with Crippen LogP contribution in [0.5, 0.6) is 0 Å². The molecule has 1 aromatic carbocycles. The van der Waals surface area contributed by atoms with Crippen molar-refractivity contribution in [3.05, 3.63) is 24.3 Å². The summed E-state index contributed by atoms with van der Waals surface area (Å²) in [5, 5.41) is 0.835. The Bertz CT molecular complexity index is 547. The van der Waals surface area contributed by atoms with Gasteiger partial charge in [-0.1, -0.05) is 23.9 Å². The molecule has 0 aliphatic carbocycles. The third kappa shape index (κ3) is 3.27. The molecule has 1 heterocycles. The van der Waals surface area contributed by atoms with Gasteiger partial charge in [-0.3, -0.25) is 4.79 Å². The van der Waals surface area contributed by atoms with E-state index >= 15 is 0 Å². The van der Waals surface area contributed by atoms with Gasteiger partial charge in [0.05, 0.1) is 18.1 Å². The second-order valence-electron chi connectivity index (χ2n) is 4.57. The lowest BCUT2D eigenvalue weighted by Gasteiger charge is -2.20. The Hall–Kier alpha value is -1.53. The molecule has 0 amide bonds. The van der Waals surface area contributed by atoms with E-state index in [1.54, 1.807) is 18.7 Å². The zero-order chi connectivity index (χ0) is 13.9. The van der Waals surface area contributed by atoms with Gasteiger partial charge in [0.15, 0.2) is 5.16 Å². The maximum Gasteiger partial charge on any atom is 0.325 e. The summed E-state index contributed by atoms with van der Waals surface area (Å²) in [6.07, 6.45) is 0.529. The molecular formula is C13H17N3O2S. The number of fused-ring (bicyclic) bond motifs is 1. The molecule has 0 radical (unpaired) electrons. The van der Waals surface area contributed by atoms with Crippen LogP contribution in [-0.4, -0.2) is 34.3 Å². The molecule has 102 valence electrons. The van der Waals surface area contributed by atoms with Gasteiger partial charge in [-0.05, 0) is 25.5 Å². The summed E-state index contributed by atoms with van der Waals surface area (Å²) in [5.74, 6) is 0.305. The Balaban J connectivity index is 1.94. The number of nitrogens with two attached hydrogens (primary N) is 1. The summed E-state index contributed by atoms with van der Waals surface area (Å²) in [6.45, 7) is 1.68. The van der Waals surface area contributed by atoms with Gasteiger partial charge in [-0.2, -0.15) is 0 Å². The van der Waals surface area contributed by atoms with Crippen LogP contribution in [0.25, 0.3) is 11.0 Å². The Kier molecular flexibility index (Phi) is 4.11. The zero-order valence-electron chi connectivity index (χ0n) is 11.0. The number of nitrogens with one attached hydrogen (secondary N) is 1. The van der Waals surface area contributed by atoms with Crippen LogP contribution in [0.3, 0.4) is 0 Å². The molecule has 0 saturated carbocycles. The van der Waals surface area contributed by atoms with Crippen LogP contribution in [-0.2, 0) is 9.53 Å². The Morgan fingerprint density at radius 3 is 2.95 bits per heavy atom. The fraction of sp³-hybridized carbons (Fsp3) is 0.385. The normalized spacial score (nSPS) is 14.3. The van der Waals surface area contributed by atoms with Crippen molar-refractivity contribution >= 4 is 28.8 Å². The summed E-state index contributed by atoms with van der Waals surface area (Å²) in [6, 6.07) is 7.85. The highest BCUT2D eigenvalue weighted by atomic mass is 32.2. The summed E-state index contributed by atoms with van der Waals surface area (Å²) >= 11 is 1.55. The van der Waals surface area contributed by atoms with E-state index in [0.717, 1.165) is 16.2 Å². The number of aromatic amines is 1. The van der Waals surface area contributed by atoms with Crippen molar-refractivity contribution in [1.82, 2.24) is 9.97 Å². The molecule has 19 heavy (non-hydrogen) atoms. The van der Waals surface area contributed by atoms with Gasteiger partial charge in [-0.25, -0.2) is 4.98 Å². The summed E-state index contributed by atoms with van der Waals surface area (Å²) in [4.78, 5) is 19.1. The largest absolute Gasteiger partial charge is 0.468 e. The Morgan fingerprint density at radius 2 is 2.26 bits per heavy atom. The smallest absolute Gasteiger partial charge is 0.325 e. The molecule has 0 aliphatic heterocycles. The molecular weight excluding hydrogens is 262 g/mol. The fourth-order valence-corrected chi connectivity index (χ4v) is 2.76.